The average Bonchev–Trinajstić information content (AvgIpc) is 3.32. The lowest BCUT2D eigenvalue weighted by Gasteiger charge is -2.49. The molecule has 3 aromatic heterocycles. The molecule has 1 aliphatic heterocycles. The second-order valence-electron chi connectivity index (χ2n) is 9.42. The van der Waals surface area contributed by atoms with Crippen LogP contribution in [-0.4, -0.2) is 57.1 Å². The van der Waals surface area contributed by atoms with Gasteiger partial charge >= 0.3 is 0 Å². The molecule has 0 spiro atoms. The Hall–Kier alpha value is -3.49. The van der Waals surface area contributed by atoms with E-state index in [4.69, 9.17) is 33.0 Å². The predicted molar refractivity (Wildman–Crippen MR) is 143 cm³/mol. The summed E-state index contributed by atoms with van der Waals surface area (Å²) in [4.78, 5) is 10.4. The van der Waals surface area contributed by atoms with E-state index in [0.717, 1.165) is 0 Å². The third-order valence-corrected chi connectivity index (χ3v) is 7.14. The highest BCUT2D eigenvalue weighted by molar-refractivity contribution is 6.35. The number of benzene rings is 1. The number of rotatable bonds is 8. The molecule has 5 rings (SSSR count). The van der Waals surface area contributed by atoms with Gasteiger partial charge in [-0.05, 0) is 32.0 Å². The quantitative estimate of drug-likeness (QED) is 0.287. The zero-order valence-electron chi connectivity index (χ0n) is 20.6. The van der Waals surface area contributed by atoms with Crippen molar-refractivity contribution in [3.63, 3.8) is 0 Å². The van der Waals surface area contributed by atoms with E-state index in [9.17, 15) is 5.26 Å². The van der Waals surface area contributed by atoms with Crippen molar-refractivity contribution in [3.05, 3.63) is 63.8 Å². The summed E-state index contributed by atoms with van der Waals surface area (Å²) < 4.78 is 21.7. The number of anilines is 1. The molecule has 196 valence electrons. The third-order valence-electron chi connectivity index (χ3n) is 6.54. The largest absolute Gasteiger partial charge is 0.483 e. The Morgan fingerprint density at radius 3 is 2.71 bits per heavy atom. The molecule has 4 heterocycles. The van der Waals surface area contributed by atoms with Gasteiger partial charge in [0.25, 0.3) is 0 Å². The number of aromatic amines is 1. The first-order valence-electron chi connectivity index (χ1n) is 11.9. The molecule has 4 aromatic rings. The molecule has 1 atom stereocenters. The summed E-state index contributed by atoms with van der Waals surface area (Å²) in [6.45, 7) is 5.59. The van der Waals surface area contributed by atoms with Crippen LogP contribution in [0.4, 0.5) is 10.2 Å². The Morgan fingerprint density at radius 2 is 2.03 bits per heavy atom. The van der Waals surface area contributed by atoms with E-state index in [-0.39, 0.29) is 23.3 Å². The van der Waals surface area contributed by atoms with Crippen LogP contribution in [0.25, 0.3) is 22.2 Å². The molecule has 1 aromatic carbocycles. The second kappa shape index (κ2) is 10.3. The van der Waals surface area contributed by atoms with Gasteiger partial charge < -0.3 is 20.1 Å². The van der Waals surface area contributed by atoms with Gasteiger partial charge in [-0.3, -0.25) is 10.1 Å². The number of aliphatic hydroxyl groups is 1. The van der Waals surface area contributed by atoms with Gasteiger partial charge in [0, 0.05) is 49.4 Å². The molecule has 38 heavy (non-hydrogen) atoms. The maximum atomic E-state index is 15.8. The maximum absolute atomic E-state index is 15.8. The van der Waals surface area contributed by atoms with Crippen LogP contribution >= 0.6 is 23.2 Å². The van der Waals surface area contributed by atoms with Crippen LogP contribution in [0.15, 0.2) is 36.8 Å². The lowest BCUT2D eigenvalue weighted by Crippen LogP contribution is -2.68. The summed E-state index contributed by atoms with van der Waals surface area (Å²) in [6.07, 6.45) is 3.83. The summed E-state index contributed by atoms with van der Waals surface area (Å²) in [5, 5.41) is 30.2. The van der Waals surface area contributed by atoms with Crippen molar-refractivity contribution >= 4 is 39.9 Å². The number of halogens is 3. The molecular weight excluding hydrogens is 532 g/mol. The summed E-state index contributed by atoms with van der Waals surface area (Å²) in [7, 11) is 0. The minimum absolute atomic E-state index is 0.00285. The van der Waals surface area contributed by atoms with E-state index in [0.29, 0.717) is 63.4 Å². The summed E-state index contributed by atoms with van der Waals surface area (Å²) in [6, 6.07) is 7.02. The van der Waals surface area contributed by atoms with Crippen molar-refractivity contribution in [2.24, 2.45) is 0 Å². The number of ether oxygens (including phenoxy) is 1. The summed E-state index contributed by atoms with van der Waals surface area (Å²) in [5.74, 6) is -0.0730. The van der Waals surface area contributed by atoms with E-state index in [1.807, 2.05) is 4.90 Å². The minimum Gasteiger partial charge on any atom is -0.483 e. The highest BCUT2D eigenvalue weighted by atomic mass is 35.5. The van der Waals surface area contributed by atoms with E-state index in [2.05, 4.69) is 38.5 Å². The molecule has 0 aliphatic carbocycles. The van der Waals surface area contributed by atoms with Crippen molar-refractivity contribution < 1.29 is 14.2 Å². The number of hydrogen-bond acceptors (Lipinski definition) is 8. The lowest BCUT2D eigenvalue weighted by atomic mass is 9.91. The van der Waals surface area contributed by atoms with E-state index in [1.54, 1.807) is 25.3 Å². The molecule has 0 amide bonds. The number of pyridine rings is 2. The number of fused-ring (bicyclic) bond motifs is 1. The second-order valence-corrected chi connectivity index (χ2v) is 10.2. The van der Waals surface area contributed by atoms with Gasteiger partial charge in [0.05, 0.1) is 38.7 Å². The minimum atomic E-state index is -0.652. The number of nitrogens with one attached hydrogen (secondary N) is 2. The first-order valence-corrected chi connectivity index (χ1v) is 12.6. The molecule has 0 unspecified atom stereocenters. The Labute approximate surface area is 228 Å². The van der Waals surface area contributed by atoms with Crippen LogP contribution in [0.1, 0.15) is 31.1 Å². The standard InChI is InChI=1S/C26H24Cl2FN7O2/c1-14(21-17(27)10-31-11-18(21)28)38-20-4-3-19-22(23(20)29)24(35-34-19)16-7-15(8-30)25(32-9-16)36-12-26(2,13-36)33-5-6-37/h3-4,7,9-11,14,33,37H,5-6,12-13H2,1-2H3,(H,34,35)/t14-/m1/s1. The van der Waals surface area contributed by atoms with Crippen LogP contribution in [0, 0.1) is 17.1 Å². The van der Waals surface area contributed by atoms with Crippen molar-refractivity contribution in [2.75, 3.05) is 31.1 Å². The Balaban J connectivity index is 1.45. The molecule has 9 nitrogen and oxygen atoms in total. The third kappa shape index (κ3) is 4.74. The van der Waals surface area contributed by atoms with Gasteiger partial charge in [0.1, 0.15) is 23.7 Å². The van der Waals surface area contributed by atoms with E-state index >= 15 is 4.39 Å². The van der Waals surface area contributed by atoms with Gasteiger partial charge in [-0.1, -0.05) is 23.2 Å². The van der Waals surface area contributed by atoms with Gasteiger partial charge in [-0.15, -0.1) is 0 Å². The van der Waals surface area contributed by atoms with Gasteiger partial charge in [0.15, 0.2) is 11.6 Å². The summed E-state index contributed by atoms with van der Waals surface area (Å²) in [5.41, 5.74) is 1.95. The number of nitriles is 1. The molecule has 0 radical (unpaired) electrons. The normalized spacial score (nSPS) is 15.2. The number of nitrogens with zero attached hydrogens (tertiary/aromatic N) is 5. The average molecular weight is 556 g/mol. The zero-order valence-corrected chi connectivity index (χ0v) is 22.1. The number of β-amino-alcohol motifs (C(OH)–C–C–N with tert-alkyl or cyclic N) is 1. The topological polar surface area (TPSA) is 123 Å². The van der Waals surface area contributed by atoms with Crippen LogP contribution in [0.5, 0.6) is 5.75 Å². The molecule has 12 heteroatoms. The lowest BCUT2D eigenvalue weighted by molar-refractivity contribution is 0.217. The Kier molecular flexibility index (Phi) is 7.11. The van der Waals surface area contributed by atoms with Crippen LogP contribution in [0.2, 0.25) is 10.0 Å². The maximum Gasteiger partial charge on any atom is 0.176 e. The molecule has 3 N–H and O–H groups in total. The first kappa shape index (κ1) is 26.1. The predicted octanol–water partition coefficient (Wildman–Crippen LogP) is 4.64. The molecule has 1 aliphatic rings. The molecule has 1 saturated heterocycles. The fourth-order valence-corrected chi connectivity index (χ4v) is 5.42. The number of hydrogen-bond donors (Lipinski definition) is 3. The van der Waals surface area contributed by atoms with Crippen LogP contribution < -0.4 is 15.0 Å². The highest BCUT2D eigenvalue weighted by Crippen LogP contribution is 2.38. The van der Waals surface area contributed by atoms with E-state index in [1.165, 1.54) is 18.5 Å². The van der Waals surface area contributed by atoms with Gasteiger partial charge in [0.2, 0.25) is 0 Å². The number of aromatic nitrogens is 4. The smallest absolute Gasteiger partial charge is 0.176 e. The monoisotopic (exact) mass is 555 g/mol. The number of H-pyrrole nitrogens is 1. The fourth-order valence-electron chi connectivity index (χ4n) is 4.75. The molecular formula is C26H24Cl2FN7O2. The molecule has 0 saturated carbocycles. The van der Waals surface area contributed by atoms with Crippen molar-refractivity contribution in [1.82, 2.24) is 25.5 Å². The fraction of sp³-hybridized carbons (Fsp3) is 0.308. The van der Waals surface area contributed by atoms with Crippen molar-refractivity contribution in [3.8, 4) is 23.1 Å². The SMILES string of the molecule is C[C@@H](Oc1ccc2[nH]nc(-c3cnc(N4CC(C)(NCCO)C4)c(C#N)c3)c2c1F)c1c(Cl)cncc1Cl. The van der Waals surface area contributed by atoms with E-state index < -0.39 is 11.9 Å². The van der Waals surface area contributed by atoms with Crippen molar-refractivity contribution in [1.29, 1.82) is 5.26 Å². The summed E-state index contributed by atoms with van der Waals surface area (Å²) >= 11 is 12.5. The highest BCUT2D eigenvalue weighted by Gasteiger charge is 2.39. The molecule has 0 bridgehead atoms. The number of aliphatic hydroxyl groups excluding tert-OH is 1. The Morgan fingerprint density at radius 1 is 1.29 bits per heavy atom. The Bertz CT molecular complexity index is 1530. The van der Waals surface area contributed by atoms with Gasteiger partial charge in [-0.2, -0.15) is 10.4 Å². The first-order chi connectivity index (χ1) is 18.2. The van der Waals surface area contributed by atoms with Gasteiger partial charge in [-0.25, -0.2) is 9.37 Å². The van der Waals surface area contributed by atoms with Crippen LogP contribution in [0.3, 0.4) is 0 Å². The van der Waals surface area contributed by atoms with Crippen LogP contribution in [-0.2, 0) is 0 Å². The molecule has 1 fully saturated rings. The zero-order chi connectivity index (χ0) is 27.0. The van der Waals surface area contributed by atoms with Crippen molar-refractivity contribution in [2.45, 2.75) is 25.5 Å².